The first-order chi connectivity index (χ1) is 23.3. The van der Waals surface area contributed by atoms with Crippen LogP contribution in [-0.4, -0.2) is 56.1 Å². The van der Waals surface area contributed by atoms with Crippen LogP contribution < -0.4 is 10.6 Å². The van der Waals surface area contributed by atoms with Crippen LogP contribution in [0.3, 0.4) is 0 Å². The van der Waals surface area contributed by atoms with Gasteiger partial charge in [0.05, 0.1) is 32.3 Å². The van der Waals surface area contributed by atoms with Crippen molar-refractivity contribution >= 4 is 43.2 Å². The summed E-state index contributed by atoms with van der Waals surface area (Å²) in [4.78, 5) is 18.3. The Labute approximate surface area is 282 Å². The fraction of sp³-hybridized carbons (Fsp3) is 0.333. The molecule has 2 saturated carbocycles. The number of fused-ring (bicyclic) bond motifs is 1. The van der Waals surface area contributed by atoms with E-state index in [1.807, 2.05) is 6.07 Å². The molecule has 2 aliphatic carbocycles. The molecule has 16 heteroatoms. The Bertz CT molecular complexity index is 2180. The first-order valence-corrected chi connectivity index (χ1v) is 18.0. The van der Waals surface area contributed by atoms with Crippen LogP contribution in [0.5, 0.6) is 0 Å². The molecule has 0 aliphatic heterocycles. The van der Waals surface area contributed by atoms with Crippen molar-refractivity contribution < 1.29 is 36.2 Å². The Hall–Kier alpha value is -4.25. The highest BCUT2D eigenvalue weighted by molar-refractivity contribution is 7.91. The van der Waals surface area contributed by atoms with Gasteiger partial charge in [-0.05, 0) is 69.0 Å². The third-order valence-corrected chi connectivity index (χ3v) is 11.8. The fourth-order valence-electron chi connectivity index (χ4n) is 6.15. The summed E-state index contributed by atoms with van der Waals surface area (Å²) in [7, 11) is -3.94. The lowest BCUT2D eigenvalue weighted by molar-refractivity contribution is -0.0442. The monoisotopic (exact) mass is 714 g/mol. The topological polar surface area (TPSA) is 150 Å². The van der Waals surface area contributed by atoms with E-state index in [0.717, 1.165) is 59.1 Å². The summed E-state index contributed by atoms with van der Waals surface area (Å²) >= 11 is 1.36. The second kappa shape index (κ2) is 12.6. The predicted octanol–water partition coefficient (Wildman–Crippen LogP) is 5.85. The maximum absolute atomic E-state index is 14.4. The van der Waals surface area contributed by atoms with Crippen molar-refractivity contribution in [2.24, 2.45) is 5.92 Å². The van der Waals surface area contributed by atoms with Crippen molar-refractivity contribution in [1.29, 1.82) is 0 Å². The van der Waals surface area contributed by atoms with Gasteiger partial charge in [-0.15, -0.1) is 11.3 Å². The Morgan fingerprint density at radius 2 is 1.71 bits per heavy atom. The Kier molecular flexibility index (Phi) is 8.53. The van der Waals surface area contributed by atoms with E-state index in [4.69, 9.17) is 4.98 Å². The van der Waals surface area contributed by atoms with Gasteiger partial charge in [-0.1, -0.05) is 0 Å². The molecule has 0 bridgehead atoms. The number of hydrogen-bond donors (Lipinski definition) is 4. The predicted molar refractivity (Wildman–Crippen MR) is 175 cm³/mol. The van der Waals surface area contributed by atoms with E-state index >= 15 is 0 Å². The molecule has 7 rings (SSSR count). The minimum Gasteiger partial charge on any atom is -0.388 e. The number of rotatable bonds is 10. The molecule has 3 aromatic heterocycles. The van der Waals surface area contributed by atoms with Gasteiger partial charge in [-0.25, -0.2) is 35.9 Å². The number of benzene rings is 2. The summed E-state index contributed by atoms with van der Waals surface area (Å²) in [6.45, 7) is 1.36. The molecule has 2 aliphatic rings. The number of hydrogen-bond acceptors (Lipinski definition) is 11. The third-order valence-electron chi connectivity index (χ3n) is 8.90. The van der Waals surface area contributed by atoms with Gasteiger partial charge in [0, 0.05) is 36.2 Å². The van der Waals surface area contributed by atoms with Crippen LogP contribution in [0.1, 0.15) is 48.6 Å². The van der Waals surface area contributed by atoms with E-state index in [-0.39, 0.29) is 41.6 Å². The molecule has 3 atom stereocenters. The normalized spacial score (nSPS) is 21.0. The largest absolute Gasteiger partial charge is 0.388 e. The van der Waals surface area contributed by atoms with Crippen LogP contribution in [0.25, 0.3) is 20.8 Å². The molecule has 3 heterocycles. The van der Waals surface area contributed by atoms with Crippen molar-refractivity contribution in [2.45, 2.75) is 61.8 Å². The van der Waals surface area contributed by atoms with Crippen LogP contribution in [0.2, 0.25) is 0 Å². The summed E-state index contributed by atoms with van der Waals surface area (Å²) < 4.78 is 82.3. The smallest absolute Gasteiger partial charge is 0.225 e. The van der Waals surface area contributed by atoms with E-state index in [2.05, 4.69) is 25.6 Å². The molecular weight excluding hydrogens is 685 g/mol. The highest BCUT2D eigenvalue weighted by Crippen LogP contribution is 2.45. The third kappa shape index (κ3) is 6.57. The molecule has 0 saturated heterocycles. The van der Waals surface area contributed by atoms with E-state index in [1.165, 1.54) is 11.3 Å². The van der Waals surface area contributed by atoms with Gasteiger partial charge in [0.25, 0.3) is 0 Å². The number of aryl methyl sites for hydroxylation is 1. The molecule has 256 valence electrons. The molecule has 0 amide bonds. The summed E-state index contributed by atoms with van der Waals surface area (Å²) in [5.74, 6) is -5.20. The highest BCUT2D eigenvalue weighted by Gasteiger charge is 2.49. The van der Waals surface area contributed by atoms with Crippen molar-refractivity contribution in [3.8, 4) is 10.6 Å². The number of aromatic nitrogens is 4. The quantitative estimate of drug-likeness (QED) is 0.0601. The first kappa shape index (κ1) is 33.3. The number of anilines is 2. The second-order valence-electron chi connectivity index (χ2n) is 12.4. The average Bonchev–Trinajstić information content (AvgIpc) is 3.75. The standard InChI is InChI=1S/C33H30F4N6O4S2/c1-16-26(31-41-28-25(48-31)9-11-38-27(28)17-2-3-17)30(42-32(40-16)39-14-19-12-23(36)24(37)13-22(19)35)43-33(45)10-8-18(29(33)44)15-49(46,47)21-6-4-20(34)5-7-21/h4-7,9,11-13,17-18,29,44-45H,2-3,8,10,14-15H2,1H3,(H2,39,40,42,43). The molecule has 4 N–H and O–H groups in total. The Morgan fingerprint density at radius 1 is 0.980 bits per heavy atom. The molecule has 0 spiro atoms. The van der Waals surface area contributed by atoms with Gasteiger partial charge in [0.15, 0.2) is 27.2 Å². The SMILES string of the molecule is Cc1nc(NCc2cc(F)c(F)cc2F)nc(NC2(O)CCC(CS(=O)(=O)c3ccc(F)cc3)C2O)c1-c1nc2c(C3CC3)nccc2s1. The number of thiazole rings is 1. The average molecular weight is 715 g/mol. The molecule has 49 heavy (non-hydrogen) atoms. The molecule has 5 aromatic rings. The van der Waals surface area contributed by atoms with E-state index in [1.54, 1.807) is 13.1 Å². The van der Waals surface area contributed by atoms with Gasteiger partial charge in [0.1, 0.15) is 34.1 Å². The van der Waals surface area contributed by atoms with Gasteiger partial charge in [-0.3, -0.25) is 4.98 Å². The van der Waals surface area contributed by atoms with Crippen LogP contribution in [-0.2, 0) is 16.4 Å². The second-order valence-corrected chi connectivity index (χ2v) is 15.5. The summed E-state index contributed by atoms with van der Waals surface area (Å²) in [6, 6.07) is 7.38. The van der Waals surface area contributed by atoms with Crippen molar-refractivity contribution in [2.75, 3.05) is 16.4 Å². The van der Waals surface area contributed by atoms with E-state index in [9.17, 15) is 36.2 Å². The number of nitrogens with one attached hydrogen (secondary N) is 2. The van der Waals surface area contributed by atoms with Crippen LogP contribution in [0.4, 0.5) is 29.3 Å². The van der Waals surface area contributed by atoms with E-state index in [0.29, 0.717) is 28.2 Å². The minimum atomic E-state index is -3.94. The Balaban J connectivity index is 1.22. The lowest BCUT2D eigenvalue weighted by Gasteiger charge is -2.31. The molecule has 10 nitrogen and oxygen atoms in total. The lowest BCUT2D eigenvalue weighted by atomic mass is 10.0. The number of aliphatic hydroxyl groups excluding tert-OH is 1. The van der Waals surface area contributed by atoms with E-state index < -0.39 is 56.6 Å². The van der Waals surface area contributed by atoms with Gasteiger partial charge in [0.2, 0.25) is 5.95 Å². The Morgan fingerprint density at radius 3 is 2.45 bits per heavy atom. The molecular formula is C33H30F4N6O4S2. The summed E-state index contributed by atoms with van der Waals surface area (Å²) in [5, 5.41) is 29.4. The lowest BCUT2D eigenvalue weighted by Crippen LogP contribution is -2.48. The number of nitrogens with zero attached hydrogens (tertiary/aromatic N) is 4. The van der Waals surface area contributed by atoms with Crippen molar-refractivity contribution in [1.82, 2.24) is 19.9 Å². The van der Waals surface area contributed by atoms with Gasteiger partial charge >= 0.3 is 0 Å². The number of pyridine rings is 1. The van der Waals surface area contributed by atoms with Crippen LogP contribution >= 0.6 is 11.3 Å². The van der Waals surface area contributed by atoms with Crippen LogP contribution in [0.15, 0.2) is 53.6 Å². The molecule has 0 radical (unpaired) electrons. The van der Waals surface area contributed by atoms with Crippen molar-refractivity contribution in [3.63, 3.8) is 0 Å². The maximum atomic E-state index is 14.4. The first-order valence-electron chi connectivity index (χ1n) is 15.5. The molecule has 2 fully saturated rings. The van der Waals surface area contributed by atoms with Crippen molar-refractivity contribution in [3.05, 3.63) is 88.9 Å². The maximum Gasteiger partial charge on any atom is 0.225 e. The summed E-state index contributed by atoms with van der Waals surface area (Å²) in [5.41, 5.74) is 0.180. The highest BCUT2D eigenvalue weighted by atomic mass is 32.2. The molecule has 3 unspecified atom stereocenters. The zero-order valence-electron chi connectivity index (χ0n) is 25.9. The molecule has 2 aromatic carbocycles. The number of halogens is 4. The minimum absolute atomic E-state index is 0.0457. The fourth-order valence-corrected chi connectivity index (χ4v) is 8.87. The zero-order chi connectivity index (χ0) is 34.7. The van der Waals surface area contributed by atoms with Crippen LogP contribution in [0, 0.1) is 36.1 Å². The van der Waals surface area contributed by atoms with Gasteiger partial charge in [-0.2, -0.15) is 4.98 Å². The zero-order valence-corrected chi connectivity index (χ0v) is 27.6. The number of sulfone groups is 1. The number of aliphatic hydroxyl groups is 2. The summed E-state index contributed by atoms with van der Waals surface area (Å²) in [6.07, 6.45) is 2.25. The van der Waals surface area contributed by atoms with Gasteiger partial charge < -0.3 is 20.8 Å².